The van der Waals surface area contributed by atoms with E-state index in [2.05, 4.69) is 22.1 Å². The van der Waals surface area contributed by atoms with Gasteiger partial charge in [0.1, 0.15) is 23.8 Å². The van der Waals surface area contributed by atoms with Crippen LogP contribution in [0.5, 0.6) is 5.75 Å². The fourth-order valence-corrected chi connectivity index (χ4v) is 4.14. The van der Waals surface area contributed by atoms with Crippen LogP contribution in [-0.2, 0) is 6.61 Å². The van der Waals surface area contributed by atoms with E-state index >= 15 is 0 Å². The number of likely N-dealkylation sites (tertiary alicyclic amines) is 1. The fraction of sp³-hybridized carbons (Fsp3) is 0.407. The van der Waals surface area contributed by atoms with Crippen LogP contribution in [0.25, 0.3) is 11.5 Å². The van der Waals surface area contributed by atoms with E-state index in [1.54, 1.807) is 0 Å². The van der Waals surface area contributed by atoms with Crippen molar-refractivity contribution in [2.75, 3.05) is 19.6 Å². The molecule has 1 atom stereocenters. The normalized spacial score (nSPS) is 16.5. The zero-order chi connectivity index (χ0) is 23.2. The molecule has 2 heterocycles. The molecule has 6 nitrogen and oxygen atoms in total. The van der Waals surface area contributed by atoms with Gasteiger partial charge < -0.3 is 14.5 Å². The molecular weight excluding hydrogens is 414 g/mol. The van der Waals surface area contributed by atoms with Crippen molar-refractivity contribution in [2.24, 2.45) is 0 Å². The number of hydrogen-bond acceptors (Lipinski definition) is 5. The Morgan fingerprint density at radius 1 is 1.12 bits per heavy atom. The maximum atomic E-state index is 12.5. The molecule has 0 aliphatic carbocycles. The lowest BCUT2D eigenvalue weighted by molar-refractivity contribution is 0.0938. The molecule has 1 saturated heterocycles. The van der Waals surface area contributed by atoms with Crippen LogP contribution in [0.3, 0.4) is 0 Å². The first kappa shape index (κ1) is 23.1. The van der Waals surface area contributed by atoms with Crippen molar-refractivity contribution in [2.45, 2.75) is 52.7 Å². The molecule has 0 saturated carbocycles. The molecule has 2 aromatic carbocycles. The number of amides is 1. The van der Waals surface area contributed by atoms with Crippen molar-refractivity contribution in [3.8, 4) is 17.2 Å². The molecule has 0 spiro atoms. The zero-order valence-corrected chi connectivity index (χ0v) is 19.8. The van der Waals surface area contributed by atoms with E-state index < -0.39 is 0 Å². The molecule has 0 radical (unpaired) electrons. The van der Waals surface area contributed by atoms with Gasteiger partial charge in [0.25, 0.3) is 5.91 Å². The summed E-state index contributed by atoms with van der Waals surface area (Å²) in [5.41, 5.74) is 3.42. The lowest BCUT2D eigenvalue weighted by Crippen LogP contribution is -2.42. The molecule has 174 valence electrons. The molecule has 1 aliphatic heterocycles. The number of carbonyl (C=O) groups excluding carboxylic acids is 1. The molecule has 1 fully saturated rings. The first-order valence-electron chi connectivity index (χ1n) is 11.8. The Kier molecular flexibility index (Phi) is 7.45. The third-order valence-electron chi connectivity index (χ3n) is 6.31. The van der Waals surface area contributed by atoms with Crippen LogP contribution in [-0.4, -0.2) is 41.5 Å². The molecule has 1 aliphatic rings. The number of carbonyl (C=O) groups is 1. The van der Waals surface area contributed by atoms with Gasteiger partial charge in [-0.3, -0.25) is 9.69 Å². The van der Waals surface area contributed by atoms with Gasteiger partial charge in [0, 0.05) is 30.3 Å². The number of rotatable bonds is 8. The summed E-state index contributed by atoms with van der Waals surface area (Å²) in [4.78, 5) is 19.6. The first-order chi connectivity index (χ1) is 16.0. The van der Waals surface area contributed by atoms with Gasteiger partial charge in [-0.15, -0.1) is 0 Å². The van der Waals surface area contributed by atoms with Gasteiger partial charge in [0.15, 0.2) is 0 Å². The molecule has 0 unspecified atom stereocenters. The molecule has 0 bridgehead atoms. The van der Waals surface area contributed by atoms with E-state index in [-0.39, 0.29) is 5.91 Å². The van der Waals surface area contributed by atoms with Crippen LogP contribution < -0.4 is 10.1 Å². The molecule has 1 amide bonds. The van der Waals surface area contributed by atoms with Gasteiger partial charge in [-0.2, -0.15) is 0 Å². The first-order valence-corrected chi connectivity index (χ1v) is 11.8. The minimum atomic E-state index is -0.0537. The summed E-state index contributed by atoms with van der Waals surface area (Å²) in [6.45, 7) is 9.22. The number of ether oxygens (including phenoxy) is 1. The Hall–Kier alpha value is -3.12. The van der Waals surface area contributed by atoms with E-state index in [1.165, 1.54) is 24.8 Å². The van der Waals surface area contributed by atoms with Crippen molar-refractivity contribution < 1.29 is 13.9 Å². The average Bonchev–Trinajstić information content (AvgIpc) is 3.20. The van der Waals surface area contributed by atoms with Gasteiger partial charge >= 0.3 is 0 Å². The lowest BCUT2D eigenvalue weighted by atomic mass is 10.0. The fourth-order valence-electron chi connectivity index (χ4n) is 4.14. The van der Waals surface area contributed by atoms with Crippen molar-refractivity contribution in [1.82, 2.24) is 15.2 Å². The third-order valence-corrected chi connectivity index (χ3v) is 6.31. The smallest absolute Gasteiger partial charge is 0.251 e. The van der Waals surface area contributed by atoms with Crippen LogP contribution in [0.2, 0.25) is 0 Å². The van der Waals surface area contributed by atoms with Gasteiger partial charge in [0.05, 0.1) is 0 Å². The number of oxazole rings is 1. The van der Waals surface area contributed by atoms with Crippen LogP contribution in [0.15, 0.2) is 52.9 Å². The van der Waals surface area contributed by atoms with Crippen molar-refractivity contribution in [3.05, 3.63) is 71.1 Å². The summed E-state index contributed by atoms with van der Waals surface area (Å²) in [7, 11) is 0. The third kappa shape index (κ3) is 6.02. The number of aromatic nitrogens is 1. The number of piperidine rings is 1. The molecule has 1 N–H and O–H groups in total. The second kappa shape index (κ2) is 10.7. The number of benzene rings is 2. The van der Waals surface area contributed by atoms with Gasteiger partial charge in [-0.1, -0.05) is 24.1 Å². The Labute approximate surface area is 196 Å². The number of hydrogen-bond donors (Lipinski definition) is 1. The summed E-state index contributed by atoms with van der Waals surface area (Å²) in [5, 5.41) is 3.04. The highest BCUT2D eigenvalue weighted by Gasteiger charge is 2.18. The zero-order valence-electron chi connectivity index (χ0n) is 19.8. The average molecular weight is 448 g/mol. The maximum Gasteiger partial charge on any atom is 0.251 e. The highest BCUT2D eigenvalue weighted by atomic mass is 16.5. The number of nitrogens with one attached hydrogen (secondary N) is 1. The molecule has 4 rings (SSSR count). The molecular formula is C27H33N3O3. The van der Waals surface area contributed by atoms with Gasteiger partial charge in [0.2, 0.25) is 5.89 Å². The maximum absolute atomic E-state index is 12.5. The van der Waals surface area contributed by atoms with Crippen LogP contribution in [0.4, 0.5) is 0 Å². The minimum Gasteiger partial charge on any atom is -0.487 e. The SMILES string of the molecule is Cc1ccc(OCc2nc(-c3ccc(C(=O)NCCN4CCCC[C@H]4C)cc3)oc2C)cc1. The number of nitrogens with zero attached hydrogens (tertiary/aromatic N) is 2. The van der Waals surface area contributed by atoms with E-state index in [1.807, 2.05) is 62.4 Å². The Balaban J connectivity index is 1.31. The lowest BCUT2D eigenvalue weighted by Gasteiger charge is -2.33. The largest absolute Gasteiger partial charge is 0.487 e. The Bertz CT molecular complexity index is 1060. The van der Waals surface area contributed by atoms with Crippen LogP contribution in [0.1, 0.15) is 53.6 Å². The van der Waals surface area contributed by atoms with Gasteiger partial charge in [-0.25, -0.2) is 4.98 Å². The minimum absolute atomic E-state index is 0.0537. The second-order valence-corrected chi connectivity index (χ2v) is 8.84. The summed E-state index contributed by atoms with van der Waals surface area (Å²) in [5.74, 6) is 2.00. The topological polar surface area (TPSA) is 67.6 Å². The van der Waals surface area contributed by atoms with Gasteiger partial charge in [-0.05, 0) is 76.6 Å². The van der Waals surface area contributed by atoms with E-state index in [0.717, 1.165) is 35.9 Å². The standard InChI is InChI=1S/C27H33N3O3/c1-19-7-13-24(14-8-19)32-18-25-21(3)33-27(29-25)23-11-9-22(10-12-23)26(31)28-15-17-30-16-5-4-6-20(30)2/h7-14,20H,4-6,15-18H2,1-3H3,(H,28,31)/t20-/m1/s1. The van der Waals surface area contributed by atoms with Crippen molar-refractivity contribution >= 4 is 5.91 Å². The highest BCUT2D eigenvalue weighted by Crippen LogP contribution is 2.23. The summed E-state index contributed by atoms with van der Waals surface area (Å²) in [6, 6.07) is 15.9. The quantitative estimate of drug-likeness (QED) is 0.518. The van der Waals surface area contributed by atoms with Crippen LogP contribution >= 0.6 is 0 Å². The highest BCUT2D eigenvalue weighted by molar-refractivity contribution is 5.94. The van der Waals surface area contributed by atoms with Crippen molar-refractivity contribution in [3.63, 3.8) is 0 Å². The second-order valence-electron chi connectivity index (χ2n) is 8.84. The Morgan fingerprint density at radius 2 is 1.88 bits per heavy atom. The predicted molar refractivity (Wildman–Crippen MR) is 129 cm³/mol. The predicted octanol–water partition coefficient (Wildman–Crippen LogP) is 5.14. The summed E-state index contributed by atoms with van der Waals surface area (Å²) in [6.07, 6.45) is 3.80. The molecule has 3 aromatic rings. The van der Waals surface area contributed by atoms with E-state index in [9.17, 15) is 4.79 Å². The molecule has 33 heavy (non-hydrogen) atoms. The van der Waals surface area contributed by atoms with Crippen molar-refractivity contribution in [1.29, 1.82) is 0 Å². The monoisotopic (exact) mass is 447 g/mol. The number of aryl methyl sites for hydroxylation is 2. The van der Waals surface area contributed by atoms with Crippen LogP contribution in [0, 0.1) is 13.8 Å². The molecule has 6 heteroatoms. The molecule has 1 aromatic heterocycles. The Morgan fingerprint density at radius 3 is 2.61 bits per heavy atom. The summed E-state index contributed by atoms with van der Waals surface area (Å²) < 4.78 is 11.7. The van der Waals surface area contributed by atoms with E-state index in [0.29, 0.717) is 30.6 Å². The van der Waals surface area contributed by atoms with E-state index in [4.69, 9.17) is 9.15 Å². The summed E-state index contributed by atoms with van der Waals surface area (Å²) >= 11 is 0.